The van der Waals surface area contributed by atoms with Crippen molar-refractivity contribution in [3.63, 3.8) is 0 Å². The fourth-order valence-corrected chi connectivity index (χ4v) is 2.39. The van der Waals surface area contributed by atoms with Gasteiger partial charge in [-0.15, -0.1) is 0 Å². The molecule has 3 N–H and O–H groups in total. The van der Waals surface area contributed by atoms with E-state index in [4.69, 9.17) is 10.5 Å². The number of rotatable bonds is 3. The summed E-state index contributed by atoms with van der Waals surface area (Å²) < 4.78 is 6.61. The number of pyridine rings is 1. The van der Waals surface area contributed by atoms with Gasteiger partial charge >= 0.3 is 0 Å². The highest BCUT2D eigenvalue weighted by Gasteiger charge is 2.18. The molecule has 0 amide bonds. The average Bonchev–Trinajstić information content (AvgIpc) is 2.35. The van der Waals surface area contributed by atoms with Gasteiger partial charge in [-0.05, 0) is 35.5 Å². The average molecular weight is 315 g/mol. The number of likely N-dealkylation sites (N-methyl/N-ethyl adjacent to an activating group) is 1. The fraction of sp³-hybridized carbons (Fsp3) is 0.583. The van der Waals surface area contributed by atoms with Gasteiger partial charge in [0.1, 0.15) is 5.82 Å². The largest absolute Gasteiger partial charge is 0.397 e. The zero-order chi connectivity index (χ0) is 13.1. The van der Waals surface area contributed by atoms with Crippen molar-refractivity contribution in [3.05, 3.63) is 16.2 Å². The Morgan fingerprint density at radius 2 is 2.44 bits per heavy atom. The molecule has 1 aromatic heterocycles. The lowest BCUT2D eigenvalue weighted by atomic mass is 10.2. The van der Waals surface area contributed by atoms with Crippen molar-refractivity contribution in [2.24, 2.45) is 0 Å². The van der Waals surface area contributed by atoms with Crippen molar-refractivity contribution in [3.8, 4) is 0 Å². The smallest absolute Gasteiger partial charge is 0.140 e. The summed E-state index contributed by atoms with van der Waals surface area (Å²) in [4.78, 5) is 6.56. The number of aromatic nitrogens is 1. The second-order valence-electron chi connectivity index (χ2n) is 4.64. The first kappa shape index (κ1) is 13.6. The SMILES string of the molecule is Cc1c(N)cnc(NCC2CN(C)CCO2)c1Br. The normalized spacial score (nSPS) is 20.9. The maximum Gasteiger partial charge on any atom is 0.140 e. The van der Waals surface area contributed by atoms with Crippen molar-refractivity contribution in [2.75, 3.05) is 44.3 Å². The van der Waals surface area contributed by atoms with Gasteiger partial charge < -0.3 is 20.7 Å². The van der Waals surface area contributed by atoms with E-state index in [1.54, 1.807) is 6.20 Å². The molecule has 2 heterocycles. The number of ether oxygens (including phenoxy) is 1. The summed E-state index contributed by atoms with van der Waals surface area (Å²) in [6.07, 6.45) is 1.88. The van der Waals surface area contributed by atoms with Crippen molar-refractivity contribution in [1.82, 2.24) is 9.88 Å². The van der Waals surface area contributed by atoms with Gasteiger partial charge in [-0.2, -0.15) is 0 Å². The molecule has 0 radical (unpaired) electrons. The molecule has 6 heteroatoms. The molecule has 1 aromatic rings. The summed E-state index contributed by atoms with van der Waals surface area (Å²) in [6.45, 7) is 5.45. The van der Waals surface area contributed by atoms with Crippen molar-refractivity contribution in [1.29, 1.82) is 0 Å². The third kappa shape index (κ3) is 3.13. The van der Waals surface area contributed by atoms with E-state index in [1.165, 1.54) is 0 Å². The van der Waals surface area contributed by atoms with Crippen molar-refractivity contribution >= 4 is 27.4 Å². The zero-order valence-electron chi connectivity index (χ0n) is 10.7. The molecule has 0 aromatic carbocycles. The van der Waals surface area contributed by atoms with Gasteiger partial charge in [0, 0.05) is 19.6 Å². The van der Waals surface area contributed by atoms with Gasteiger partial charge in [-0.1, -0.05) is 0 Å². The summed E-state index contributed by atoms with van der Waals surface area (Å²) in [6, 6.07) is 0. The number of nitrogens with two attached hydrogens (primary N) is 1. The third-order valence-electron chi connectivity index (χ3n) is 3.14. The Balaban J connectivity index is 1.96. The molecule has 1 unspecified atom stereocenters. The standard InChI is InChI=1S/C12H19BrN4O/c1-8-10(14)6-16-12(11(8)13)15-5-9-7-17(2)3-4-18-9/h6,9H,3-5,7,14H2,1-2H3,(H,15,16). The van der Waals surface area contributed by atoms with Gasteiger partial charge in [-0.3, -0.25) is 0 Å². The van der Waals surface area contributed by atoms with E-state index in [2.05, 4.69) is 38.2 Å². The highest BCUT2D eigenvalue weighted by molar-refractivity contribution is 9.10. The van der Waals surface area contributed by atoms with Gasteiger partial charge in [-0.25, -0.2) is 4.98 Å². The minimum absolute atomic E-state index is 0.204. The summed E-state index contributed by atoms with van der Waals surface area (Å²) >= 11 is 3.51. The van der Waals surface area contributed by atoms with Crippen LogP contribution in [0.5, 0.6) is 0 Å². The lowest BCUT2D eigenvalue weighted by Gasteiger charge is -2.30. The number of nitrogens with one attached hydrogen (secondary N) is 1. The molecule has 2 rings (SSSR count). The van der Waals surface area contributed by atoms with E-state index in [0.717, 1.165) is 42.1 Å². The molecular weight excluding hydrogens is 296 g/mol. The van der Waals surface area contributed by atoms with Crippen LogP contribution in [0.25, 0.3) is 0 Å². The van der Waals surface area contributed by atoms with Crippen molar-refractivity contribution in [2.45, 2.75) is 13.0 Å². The molecule has 0 saturated carbocycles. The van der Waals surface area contributed by atoms with Crippen LogP contribution in [-0.4, -0.2) is 49.3 Å². The molecule has 5 nitrogen and oxygen atoms in total. The van der Waals surface area contributed by atoms with Crippen LogP contribution in [-0.2, 0) is 4.74 Å². The monoisotopic (exact) mass is 314 g/mol. The Hall–Kier alpha value is -0.850. The Bertz CT molecular complexity index is 427. The van der Waals surface area contributed by atoms with Gasteiger partial charge in [0.15, 0.2) is 0 Å². The lowest BCUT2D eigenvalue weighted by Crippen LogP contribution is -2.43. The number of nitrogens with zero attached hydrogens (tertiary/aromatic N) is 2. The number of morpholine rings is 1. The first-order valence-corrected chi connectivity index (χ1v) is 6.82. The fourth-order valence-electron chi connectivity index (χ4n) is 1.92. The Morgan fingerprint density at radius 3 is 3.17 bits per heavy atom. The molecule has 0 spiro atoms. The first-order valence-electron chi connectivity index (χ1n) is 6.02. The van der Waals surface area contributed by atoms with Gasteiger partial charge in [0.05, 0.1) is 29.1 Å². The molecule has 1 atom stereocenters. The topological polar surface area (TPSA) is 63.4 Å². The predicted octanol–water partition coefficient (Wildman–Crippen LogP) is 1.48. The number of hydrogen-bond acceptors (Lipinski definition) is 5. The lowest BCUT2D eigenvalue weighted by molar-refractivity contribution is -0.0117. The second kappa shape index (κ2) is 5.86. The molecule has 100 valence electrons. The second-order valence-corrected chi connectivity index (χ2v) is 5.43. The zero-order valence-corrected chi connectivity index (χ0v) is 12.3. The highest BCUT2D eigenvalue weighted by atomic mass is 79.9. The van der Waals surface area contributed by atoms with Crippen LogP contribution in [0.4, 0.5) is 11.5 Å². The molecule has 0 aliphatic carbocycles. The first-order chi connectivity index (χ1) is 8.58. The van der Waals surface area contributed by atoms with Crippen LogP contribution in [0.2, 0.25) is 0 Å². The van der Waals surface area contributed by atoms with Crippen LogP contribution < -0.4 is 11.1 Å². The van der Waals surface area contributed by atoms with E-state index in [1.807, 2.05) is 6.92 Å². The summed E-state index contributed by atoms with van der Waals surface area (Å²) in [7, 11) is 2.11. The van der Waals surface area contributed by atoms with E-state index in [-0.39, 0.29) is 6.10 Å². The summed E-state index contributed by atoms with van der Waals surface area (Å²) in [5.74, 6) is 0.818. The molecule has 1 saturated heterocycles. The number of hydrogen-bond donors (Lipinski definition) is 2. The summed E-state index contributed by atoms with van der Waals surface area (Å²) in [5, 5.41) is 3.31. The highest BCUT2D eigenvalue weighted by Crippen LogP contribution is 2.27. The van der Waals surface area contributed by atoms with E-state index in [0.29, 0.717) is 5.69 Å². The third-order valence-corrected chi connectivity index (χ3v) is 4.11. The van der Waals surface area contributed by atoms with Crippen LogP contribution >= 0.6 is 15.9 Å². The number of anilines is 2. The molecule has 18 heavy (non-hydrogen) atoms. The molecule has 1 aliphatic heterocycles. The Labute approximate surface area is 116 Å². The van der Waals surface area contributed by atoms with Gasteiger partial charge in [0.25, 0.3) is 0 Å². The van der Waals surface area contributed by atoms with Crippen LogP contribution in [0, 0.1) is 6.92 Å². The van der Waals surface area contributed by atoms with E-state index in [9.17, 15) is 0 Å². The summed E-state index contributed by atoms with van der Waals surface area (Å²) in [5.41, 5.74) is 7.50. The van der Waals surface area contributed by atoms with E-state index < -0.39 is 0 Å². The molecular formula is C12H19BrN4O. The minimum atomic E-state index is 0.204. The molecule has 1 aliphatic rings. The van der Waals surface area contributed by atoms with Gasteiger partial charge in [0.2, 0.25) is 0 Å². The van der Waals surface area contributed by atoms with Crippen molar-refractivity contribution < 1.29 is 4.74 Å². The Morgan fingerprint density at radius 1 is 1.67 bits per heavy atom. The minimum Gasteiger partial charge on any atom is -0.397 e. The predicted molar refractivity (Wildman–Crippen MR) is 76.8 cm³/mol. The number of nitrogen functional groups attached to an aromatic ring is 1. The van der Waals surface area contributed by atoms with E-state index >= 15 is 0 Å². The molecule has 1 fully saturated rings. The Kier molecular flexibility index (Phi) is 4.42. The maximum absolute atomic E-state index is 5.80. The van der Waals surface area contributed by atoms with Crippen LogP contribution in [0.15, 0.2) is 10.7 Å². The maximum atomic E-state index is 5.80. The van der Waals surface area contributed by atoms with Crippen LogP contribution in [0.3, 0.4) is 0 Å². The number of halogens is 1. The quantitative estimate of drug-likeness (QED) is 0.884. The molecule has 0 bridgehead atoms. The van der Waals surface area contributed by atoms with Crippen LogP contribution in [0.1, 0.15) is 5.56 Å².